The molecule has 62 valence electrons. The fourth-order valence-electron chi connectivity index (χ4n) is 0.685. The first-order chi connectivity index (χ1) is 5.02. The topological polar surface area (TPSA) is 12.4 Å². The molecule has 0 aliphatic heterocycles. The first kappa shape index (κ1) is 10.1. The summed E-state index contributed by atoms with van der Waals surface area (Å²) in [6.07, 6.45) is 1.88. The Morgan fingerprint density at radius 3 is 2.45 bits per heavy atom. The minimum absolute atomic E-state index is 0.507. The molecule has 0 amide bonds. The van der Waals surface area contributed by atoms with Crippen molar-refractivity contribution < 1.29 is 4.39 Å². The molecule has 0 aliphatic rings. The van der Waals surface area contributed by atoms with E-state index in [2.05, 4.69) is 32.0 Å². The molecule has 0 radical (unpaired) electrons. The summed E-state index contributed by atoms with van der Waals surface area (Å²) < 4.78 is 12.0. The Hall–Kier alpha value is -0.920. The highest BCUT2D eigenvalue weighted by Crippen LogP contribution is 2.09. The van der Waals surface area contributed by atoms with Crippen LogP contribution in [-0.2, 0) is 0 Å². The van der Waals surface area contributed by atoms with E-state index < -0.39 is 5.83 Å². The van der Waals surface area contributed by atoms with Crippen molar-refractivity contribution >= 4 is 6.21 Å². The van der Waals surface area contributed by atoms with Gasteiger partial charge in [-0.25, -0.2) is 4.39 Å². The first-order valence-electron chi connectivity index (χ1n) is 3.58. The van der Waals surface area contributed by atoms with Crippen LogP contribution < -0.4 is 0 Å². The van der Waals surface area contributed by atoms with Gasteiger partial charge in [0, 0.05) is 5.70 Å². The van der Waals surface area contributed by atoms with Crippen molar-refractivity contribution in [1.29, 1.82) is 0 Å². The molecule has 0 aliphatic carbocycles. The van der Waals surface area contributed by atoms with E-state index in [-0.39, 0.29) is 0 Å². The minimum atomic E-state index is -0.532. The Kier molecular flexibility index (Phi) is 4.42. The van der Waals surface area contributed by atoms with Gasteiger partial charge in [-0.1, -0.05) is 27.0 Å². The van der Waals surface area contributed by atoms with Gasteiger partial charge in [-0.2, -0.15) is 0 Å². The van der Waals surface area contributed by atoms with Gasteiger partial charge in [0.15, 0.2) is 0 Å². The molecule has 0 heterocycles. The summed E-state index contributed by atoms with van der Waals surface area (Å²) in [7, 11) is 0. The van der Waals surface area contributed by atoms with E-state index in [4.69, 9.17) is 0 Å². The van der Waals surface area contributed by atoms with Gasteiger partial charge in [-0.15, -0.1) is 0 Å². The number of hydrogen-bond acceptors (Lipinski definition) is 1. The number of nitrogens with zero attached hydrogens (tertiary/aromatic N) is 1. The van der Waals surface area contributed by atoms with Crippen LogP contribution in [0.3, 0.4) is 0 Å². The van der Waals surface area contributed by atoms with Gasteiger partial charge in [-0.3, -0.25) is 4.99 Å². The number of rotatable bonds is 4. The summed E-state index contributed by atoms with van der Waals surface area (Å²) in [6.45, 7) is 10.8. The number of aliphatic imine (C=N–C) groups is 1. The maximum atomic E-state index is 12.0. The van der Waals surface area contributed by atoms with Crippen molar-refractivity contribution in [3.05, 3.63) is 24.7 Å². The standard InChI is InChI=1S/C9H14FN/c1-7(2)5-9(4)11-6-8(3)10/h6-7H,3-5H2,1-2H3. The van der Waals surface area contributed by atoms with Crippen LogP contribution >= 0.6 is 0 Å². The smallest absolute Gasteiger partial charge is 0.134 e. The van der Waals surface area contributed by atoms with E-state index in [1.807, 2.05) is 0 Å². The van der Waals surface area contributed by atoms with Gasteiger partial charge < -0.3 is 0 Å². The van der Waals surface area contributed by atoms with Crippen LogP contribution in [0.1, 0.15) is 20.3 Å². The highest BCUT2D eigenvalue weighted by molar-refractivity contribution is 5.75. The third-order valence-corrected chi connectivity index (χ3v) is 1.03. The molecule has 1 nitrogen and oxygen atoms in total. The van der Waals surface area contributed by atoms with Crippen molar-refractivity contribution in [2.45, 2.75) is 20.3 Å². The summed E-state index contributed by atoms with van der Waals surface area (Å²) in [6, 6.07) is 0. The van der Waals surface area contributed by atoms with Gasteiger partial charge in [0.05, 0.1) is 6.21 Å². The highest BCUT2D eigenvalue weighted by Gasteiger charge is 1.95. The lowest BCUT2D eigenvalue weighted by atomic mass is 10.1. The van der Waals surface area contributed by atoms with Crippen LogP contribution in [0.15, 0.2) is 29.7 Å². The number of halogens is 1. The molecular weight excluding hydrogens is 141 g/mol. The molecule has 0 bridgehead atoms. The summed E-state index contributed by atoms with van der Waals surface area (Å²) in [5, 5.41) is 0. The van der Waals surface area contributed by atoms with Crippen molar-refractivity contribution in [1.82, 2.24) is 0 Å². The SMILES string of the molecule is C=C(F)C=NC(=C)CC(C)C. The Balaban J connectivity index is 3.78. The normalized spacial score (nSPS) is 10.9. The Morgan fingerprint density at radius 2 is 2.09 bits per heavy atom. The van der Waals surface area contributed by atoms with Crippen LogP contribution in [0.25, 0.3) is 0 Å². The third kappa shape index (κ3) is 6.97. The summed E-state index contributed by atoms with van der Waals surface area (Å²) in [5.41, 5.74) is 0.693. The predicted octanol–water partition coefficient (Wildman–Crippen LogP) is 3.10. The third-order valence-electron chi connectivity index (χ3n) is 1.03. The van der Waals surface area contributed by atoms with Crippen LogP contribution in [0, 0.1) is 5.92 Å². The second-order valence-electron chi connectivity index (χ2n) is 2.87. The van der Waals surface area contributed by atoms with E-state index in [1.54, 1.807) is 0 Å². The lowest BCUT2D eigenvalue weighted by molar-refractivity contribution is 0.639. The van der Waals surface area contributed by atoms with Gasteiger partial charge >= 0.3 is 0 Å². The molecular formula is C9H14FN. The van der Waals surface area contributed by atoms with Crippen molar-refractivity contribution in [2.75, 3.05) is 0 Å². The minimum Gasteiger partial charge on any atom is -0.259 e. The van der Waals surface area contributed by atoms with Gasteiger partial charge in [0.1, 0.15) is 5.83 Å². The Labute approximate surface area is 67.3 Å². The lowest BCUT2D eigenvalue weighted by Gasteiger charge is -2.01. The molecule has 2 heteroatoms. The van der Waals surface area contributed by atoms with Crippen LogP contribution in [-0.4, -0.2) is 6.21 Å². The zero-order valence-corrected chi connectivity index (χ0v) is 7.10. The number of allylic oxidation sites excluding steroid dienone is 2. The van der Waals surface area contributed by atoms with E-state index in [0.717, 1.165) is 12.6 Å². The van der Waals surface area contributed by atoms with E-state index in [0.29, 0.717) is 11.6 Å². The van der Waals surface area contributed by atoms with E-state index >= 15 is 0 Å². The molecule has 0 aromatic carbocycles. The maximum absolute atomic E-state index is 12.0. The quantitative estimate of drug-likeness (QED) is 0.553. The molecule has 0 fully saturated rings. The fraction of sp³-hybridized carbons (Fsp3) is 0.444. The average molecular weight is 155 g/mol. The molecule has 0 atom stereocenters. The van der Waals surface area contributed by atoms with Gasteiger partial charge in [0.25, 0.3) is 0 Å². The van der Waals surface area contributed by atoms with E-state index in [9.17, 15) is 4.39 Å². The summed E-state index contributed by atoms with van der Waals surface area (Å²) in [4.78, 5) is 3.77. The van der Waals surface area contributed by atoms with Crippen LogP contribution in [0.4, 0.5) is 4.39 Å². The maximum Gasteiger partial charge on any atom is 0.134 e. The highest BCUT2D eigenvalue weighted by atomic mass is 19.1. The molecule has 0 aromatic heterocycles. The van der Waals surface area contributed by atoms with Crippen molar-refractivity contribution in [2.24, 2.45) is 10.9 Å². The molecule has 0 rings (SSSR count). The Bertz CT molecular complexity index is 180. The fourth-order valence-corrected chi connectivity index (χ4v) is 0.685. The molecule has 11 heavy (non-hydrogen) atoms. The zero-order valence-electron chi connectivity index (χ0n) is 7.10. The average Bonchev–Trinajstić information content (AvgIpc) is 1.82. The van der Waals surface area contributed by atoms with E-state index in [1.165, 1.54) is 0 Å². The lowest BCUT2D eigenvalue weighted by Crippen LogP contribution is -1.88. The molecule has 0 N–H and O–H groups in total. The van der Waals surface area contributed by atoms with Crippen LogP contribution in [0.2, 0.25) is 0 Å². The first-order valence-corrected chi connectivity index (χ1v) is 3.58. The van der Waals surface area contributed by atoms with Gasteiger partial charge in [0.2, 0.25) is 0 Å². The molecule has 0 unspecified atom stereocenters. The second-order valence-corrected chi connectivity index (χ2v) is 2.87. The van der Waals surface area contributed by atoms with Crippen molar-refractivity contribution in [3.8, 4) is 0 Å². The predicted molar refractivity (Wildman–Crippen MR) is 47.3 cm³/mol. The van der Waals surface area contributed by atoms with Crippen molar-refractivity contribution in [3.63, 3.8) is 0 Å². The van der Waals surface area contributed by atoms with Crippen LogP contribution in [0.5, 0.6) is 0 Å². The largest absolute Gasteiger partial charge is 0.259 e. The molecule has 0 saturated heterocycles. The zero-order chi connectivity index (χ0) is 8.85. The second kappa shape index (κ2) is 4.83. The summed E-state index contributed by atoms with van der Waals surface area (Å²) in [5.74, 6) is -0.0255. The molecule has 0 spiro atoms. The number of hydrogen-bond donors (Lipinski definition) is 0. The molecule has 0 aromatic rings. The Morgan fingerprint density at radius 1 is 1.55 bits per heavy atom. The molecule has 0 saturated carbocycles. The monoisotopic (exact) mass is 155 g/mol. The summed E-state index contributed by atoms with van der Waals surface area (Å²) >= 11 is 0. The van der Waals surface area contributed by atoms with Gasteiger partial charge in [-0.05, 0) is 12.3 Å².